The van der Waals surface area contributed by atoms with Crippen LogP contribution in [0.25, 0.3) is 0 Å². The number of carboxylic acid groups (broad SMARTS) is 1. The molecule has 3 atom stereocenters. The van der Waals surface area contributed by atoms with Crippen molar-refractivity contribution in [2.75, 3.05) is 13.2 Å². The van der Waals surface area contributed by atoms with E-state index in [2.05, 4.69) is 16.0 Å². The number of carbonyl (C=O) groups is 5. The Labute approximate surface area is 156 Å². The fraction of sp³-hybridized carbons (Fsp3) is 0.667. The summed E-state index contributed by atoms with van der Waals surface area (Å²) >= 11 is 0. The van der Waals surface area contributed by atoms with E-state index in [9.17, 15) is 24.0 Å². The number of amides is 4. The van der Waals surface area contributed by atoms with Gasteiger partial charge in [0.2, 0.25) is 23.6 Å². The van der Waals surface area contributed by atoms with Crippen LogP contribution in [0, 0.1) is 5.92 Å². The molecular formula is C15H27N5O7. The van der Waals surface area contributed by atoms with Gasteiger partial charge < -0.3 is 37.6 Å². The number of carbonyl (C=O) groups excluding carboxylic acids is 4. The van der Waals surface area contributed by atoms with Crippen LogP contribution in [0.3, 0.4) is 0 Å². The molecule has 0 spiro atoms. The molecule has 12 nitrogen and oxygen atoms in total. The Hall–Kier alpha value is -2.73. The quantitative estimate of drug-likeness (QED) is 0.176. The fourth-order valence-corrected chi connectivity index (χ4v) is 2.01. The van der Waals surface area contributed by atoms with Crippen LogP contribution < -0.4 is 27.4 Å². The number of nitrogens with two attached hydrogens (primary N) is 2. The summed E-state index contributed by atoms with van der Waals surface area (Å²) in [5.74, 6) is -4.47. The van der Waals surface area contributed by atoms with Gasteiger partial charge in [-0.2, -0.15) is 0 Å². The number of rotatable bonds is 12. The molecule has 154 valence electrons. The first-order valence-corrected chi connectivity index (χ1v) is 8.22. The Kier molecular flexibility index (Phi) is 10.6. The lowest BCUT2D eigenvalue weighted by Crippen LogP contribution is -2.54. The van der Waals surface area contributed by atoms with Crippen LogP contribution in [-0.4, -0.2) is 71.1 Å². The number of primary amides is 1. The van der Waals surface area contributed by atoms with Crippen LogP contribution >= 0.6 is 0 Å². The summed E-state index contributed by atoms with van der Waals surface area (Å²) < 4.78 is 0. The third-order valence-corrected chi connectivity index (χ3v) is 3.34. The second-order valence-corrected chi connectivity index (χ2v) is 6.33. The molecule has 9 N–H and O–H groups in total. The minimum atomic E-state index is -1.50. The van der Waals surface area contributed by atoms with Crippen LogP contribution in [-0.2, 0) is 24.0 Å². The van der Waals surface area contributed by atoms with Crippen LogP contribution in [0.4, 0.5) is 0 Å². The molecule has 12 heteroatoms. The van der Waals surface area contributed by atoms with Crippen molar-refractivity contribution < 1.29 is 34.2 Å². The van der Waals surface area contributed by atoms with E-state index in [1.54, 1.807) is 13.8 Å². The average molecular weight is 389 g/mol. The second-order valence-electron chi connectivity index (χ2n) is 6.33. The number of hydrogen-bond donors (Lipinski definition) is 7. The normalized spacial score (nSPS) is 14.0. The standard InChI is InChI=1S/C15H27N5O7/c1-7(2)3-9(14(25)20-10(6-21)15(26)27)19-12(23)5-18-13(24)8(16)4-11(17)22/h7-10,21H,3-6,16H2,1-2H3,(H2,17,22)(H,18,24)(H,19,23)(H,20,25)(H,26,27). The molecule has 27 heavy (non-hydrogen) atoms. The van der Waals surface area contributed by atoms with Crippen molar-refractivity contribution in [3.63, 3.8) is 0 Å². The van der Waals surface area contributed by atoms with Gasteiger partial charge in [-0.25, -0.2) is 4.79 Å². The van der Waals surface area contributed by atoms with E-state index in [0.717, 1.165) is 0 Å². The van der Waals surface area contributed by atoms with E-state index < -0.39 is 60.9 Å². The largest absolute Gasteiger partial charge is 0.480 e. The highest BCUT2D eigenvalue weighted by Crippen LogP contribution is 2.05. The monoisotopic (exact) mass is 389 g/mol. The number of aliphatic carboxylic acids is 1. The summed E-state index contributed by atoms with van der Waals surface area (Å²) in [6.07, 6.45) is -0.186. The third kappa shape index (κ3) is 10.1. The predicted octanol–water partition coefficient (Wildman–Crippen LogP) is -3.60. The highest BCUT2D eigenvalue weighted by Gasteiger charge is 2.27. The smallest absolute Gasteiger partial charge is 0.328 e. The maximum atomic E-state index is 12.2. The number of aliphatic hydroxyl groups excluding tert-OH is 1. The van der Waals surface area contributed by atoms with Gasteiger partial charge in [-0.05, 0) is 12.3 Å². The van der Waals surface area contributed by atoms with Crippen molar-refractivity contribution >= 4 is 29.6 Å². The van der Waals surface area contributed by atoms with E-state index in [4.69, 9.17) is 21.7 Å². The second kappa shape index (κ2) is 11.8. The number of nitrogens with one attached hydrogen (secondary N) is 3. The Bertz CT molecular complexity index is 567. The van der Waals surface area contributed by atoms with Gasteiger partial charge in [0.25, 0.3) is 0 Å². The van der Waals surface area contributed by atoms with Gasteiger partial charge in [-0.15, -0.1) is 0 Å². The van der Waals surface area contributed by atoms with Crippen molar-refractivity contribution in [1.29, 1.82) is 0 Å². The van der Waals surface area contributed by atoms with Crippen LogP contribution in [0.2, 0.25) is 0 Å². The van der Waals surface area contributed by atoms with E-state index in [1.807, 2.05) is 0 Å². The van der Waals surface area contributed by atoms with Gasteiger partial charge in [-0.1, -0.05) is 13.8 Å². The molecule has 0 aromatic rings. The first-order valence-electron chi connectivity index (χ1n) is 8.22. The van der Waals surface area contributed by atoms with E-state index >= 15 is 0 Å². The number of carboxylic acids is 1. The van der Waals surface area contributed by atoms with Gasteiger partial charge in [0, 0.05) is 0 Å². The molecule has 0 aliphatic heterocycles. The molecule has 0 heterocycles. The maximum Gasteiger partial charge on any atom is 0.328 e. The summed E-state index contributed by atoms with van der Waals surface area (Å²) in [4.78, 5) is 57.4. The molecule has 0 aromatic carbocycles. The van der Waals surface area contributed by atoms with Crippen molar-refractivity contribution in [3.8, 4) is 0 Å². The molecule has 3 unspecified atom stereocenters. The average Bonchev–Trinajstić information content (AvgIpc) is 2.55. The van der Waals surface area contributed by atoms with Crippen LogP contribution in [0.1, 0.15) is 26.7 Å². The molecule has 0 saturated heterocycles. The van der Waals surface area contributed by atoms with Gasteiger partial charge in [-0.3, -0.25) is 19.2 Å². The van der Waals surface area contributed by atoms with Crippen molar-refractivity contribution in [1.82, 2.24) is 16.0 Å². The van der Waals surface area contributed by atoms with E-state index in [1.165, 1.54) is 0 Å². The first kappa shape index (κ1) is 24.3. The number of aliphatic hydroxyl groups is 1. The fourth-order valence-electron chi connectivity index (χ4n) is 2.01. The zero-order chi connectivity index (χ0) is 21.1. The van der Waals surface area contributed by atoms with Crippen LogP contribution in [0.5, 0.6) is 0 Å². The molecule has 0 bridgehead atoms. The summed E-state index contributed by atoms with van der Waals surface area (Å²) in [5.41, 5.74) is 10.4. The first-order chi connectivity index (χ1) is 12.5. The van der Waals surface area contributed by atoms with Crippen molar-refractivity contribution in [2.24, 2.45) is 17.4 Å². The van der Waals surface area contributed by atoms with Gasteiger partial charge in [0.15, 0.2) is 0 Å². The molecule has 4 amide bonds. The summed E-state index contributed by atoms with van der Waals surface area (Å²) in [5, 5.41) is 24.6. The molecular weight excluding hydrogens is 362 g/mol. The predicted molar refractivity (Wildman–Crippen MR) is 92.8 cm³/mol. The minimum absolute atomic E-state index is 0.0166. The summed E-state index contributed by atoms with van der Waals surface area (Å²) in [6, 6.07) is -3.77. The zero-order valence-electron chi connectivity index (χ0n) is 15.2. The Morgan fingerprint density at radius 3 is 2.04 bits per heavy atom. The third-order valence-electron chi connectivity index (χ3n) is 3.34. The van der Waals surface area contributed by atoms with E-state index in [-0.39, 0.29) is 18.8 Å². The SMILES string of the molecule is CC(C)CC(NC(=O)CNC(=O)C(N)CC(N)=O)C(=O)NC(CO)C(=O)O. The highest BCUT2D eigenvalue weighted by molar-refractivity contribution is 5.93. The number of hydrogen-bond acceptors (Lipinski definition) is 7. The molecule has 0 fully saturated rings. The lowest BCUT2D eigenvalue weighted by Gasteiger charge is -2.22. The Morgan fingerprint density at radius 2 is 1.59 bits per heavy atom. The van der Waals surface area contributed by atoms with Crippen molar-refractivity contribution in [3.05, 3.63) is 0 Å². The highest BCUT2D eigenvalue weighted by atomic mass is 16.4. The van der Waals surface area contributed by atoms with Crippen LogP contribution in [0.15, 0.2) is 0 Å². The summed E-state index contributed by atoms with van der Waals surface area (Å²) in [6.45, 7) is 2.27. The molecule has 0 aliphatic carbocycles. The molecule has 0 rings (SSSR count). The molecule has 0 radical (unpaired) electrons. The van der Waals surface area contributed by atoms with Crippen molar-refractivity contribution in [2.45, 2.75) is 44.8 Å². The maximum absolute atomic E-state index is 12.2. The van der Waals surface area contributed by atoms with Gasteiger partial charge >= 0.3 is 5.97 Å². The Morgan fingerprint density at radius 1 is 1.00 bits per heavy atom. The van der Waals surface area contributed by atoms with E-state index in [0.29, 0.717) is 0 Å². The zero-order valence-corrected chi connectivity index (χ0v) is 15.2. The topological polar surface area (TPSA) is 214 Å². The van der Waals surface area contributed by atoms with Gasteiger partial charge in [0.05, 0.1) is 25.6 Å². The molecule has 0 aromatic heterocycles. The molecule has 0 saturated carbocycles. The van der Waals surface area contributed by atoms with Gasteiger partial charge in [0.1, 0.15) is 12.1 Å². The Balaban J connectivity index is 4.77. The molecule has 0 aliphatic rings. The minimum Gasteiger partial charge on any atom is -0.480 e. The summed E-state index contributed by atoms with van der Waals surface area (Å²) in [7, 11) is 0. The lowest BCUT2D eigenvalue weighted by atomic mass is 10.0. The lowest BCUT2D eigenvalue weighted by molar-refractivity contribution is -0.143.